The van der Waals surface area contributed by atoms with Crippen molar-refractivity contribution < 1.29 is 9.90 Å². The van der Waals surface area contributed by atoms with E-state index in [2.05, 4.69) is 6.58 Å². The van der Waals surface area contributed by atoms with Gasteiger partial charge >= 0.3 is 5.97 Å². The number of carbonyl (C=O) groups is 1. The highest BCUT2D eigenvalue weighted by molar-refractivity contribution is 5.79. The Morgan fingerprint density at radius 1 is 1.83 bits per heavy atom. The molecule has 3 N–H and O–H groups in total. The van der Waals surface area contributed by atoms with Gasteiger partial charge in [0.2, 0.25) is 0 Å². The number of carboxylic acids is 1. The van der Waals surface area contributed by atoms with Crippen LogP contribution >= 0.6 is 0 Å². The molecule has 12 heavy (non-hydrogen) atoms. The van der Waals surface area contributed by atoms with E-state index in [4.69, 9.17) is 10.8 Å². The van der Waals surface area contributed by atoms with Crippen LogP contribution < -0.4 is 5.73 Å². The maximum absolute atomic E-state index is 10.8. The smallest absolute Gasteiger partial charge is 0.324 e. The van der Waals surface area contributed by atoms with Crippen LogP contribution in [0.2, 0.25) is 0 Å². The minimum atomic E-state index is -1.07. The summed E-state index contributed by atoms with van der Waals surface area (Å²) in [7, 11) is 0. The van der Waals surface area contributed by atoms with E-state index in [0.717, 1.165) is 12.0 Å². The van der Waals surface area contributed by atoms with E-state index in [9.17, 15) is 4.79 Å². The highest BCUT2D eigenvalue weighted by atomic mass is 16.4. The van der Waals surface area contributed by atoms with E-state index in [-0.39, 0.29) is 0 Å². The molecular formula is C9H13NO2. The van der Waals surface area contributed by atoms with Crippen LogP contribution in [0.3, 0.4) is 0 Å². The molecule has 0 aromatic rings. The largest absolute Gasteiger partial charge is 0.480 e. The third-order valence-electron chi connectivity index (χ3n) is 2.20. The molecule has 0 saturated carbocycles. The molecule has 0 bridgehead atoms. The Hall–Kier alpha value is -1.09. The molecule has 3 heteroatoms. The molecule has 3 nitrogen and oxygen atoms in total. The summed E-state index contributed by atoms with van der Waals surface area (Å²) in [6.07, 6.45) is 5.29. The standard InChI is InChI=1S/C9H13NO2/c1-2-7-4-3-5-9(10,6-7)8(11)12/h2,4H,1,3,5-6,10H2,(H,11,12). The SMILES string of the molecule is C=CC1=CCCC(N)(C(=O)O)C1. The van der Waals surface area contributed by atoms with Gasteiger partial charge in [-0.2, -0.15) is 0 Å². The topological polar surface area (TPSA) is 63.3 Å². The second-order valence-electron chi connectivity index (χ2n) is 3.16. The molecule has 0 fully saturated rings. The van der Waals surface area contributed by atoms with E-state index in [0.29, 0.717) is 12.8 Å². The third kappa shape index (κ3) is 1.56. The van der Waals surface area contributed by atoms with Gasteiger partial charge < -0.3 is 10.8 Å². The van der Waals surface area contributed by atoms with E-state index < -0.39 is 11.5 Å². The fourth-order valence-electron chi connectivity index (χ4n) is 1.38. The molecule has 0 aromatic heterocycles. The summed E-state index contributed by atoms with van der Waals surface area (Å²) in [6.45, 7) is 3.59. The molecule has 0 radical (unpaired) electrons. The lowest BCUT2D eigenvalue weighted by Gasteiger charge is -2.28. The van der Waals surface area contributed by atoms with Crippen molar-refractivity contribution in [3.8, 4) is 0 Å². The average molecular weight is 167 g/mol. The summed E-state index contributed by atoms with van der Waals surface area (Å²) < 4.78 is 0. The Kier molecular flexibility index (Phi) is 2.33. The van der Waals surface area contributed by atoms with Crippen molar-refractivity contribution in [1.29, 1.82) is 0 Å². The first kappa shape index (κ1) is 9.00. The molecule has 66 valence electrons. The summed E-state index contributed by atoms with van der Waals surface area (Å²) in [4.78, 5) is 10.8. The maximum atomic E-state index is 10.8. The lowest BCUT2D eigenvalue weighted by atomic mass is 9.82. The summed E-state index contributed by atoms with van der Waals surface area (Å²) in [5.74, 6) is -0.921. The quantitative estimate of drug-likeness (QED) is 0.646. The predicted molar refractivity (Wildman–Crippen MR) is 46.7 cm³/mol. The predicted octanol–water partition coefficient (Wildman–Crippen LogP) is 1.06. The van der Waals surface area contributed by atoms with Gasteiger partial charge in [0.15, 0.2) is 0 Å². The van der Waals surface area contributed by atoms with Crippen LogP contribution in [0.4, 0.5) is 0 Å². The fraction of sp³-hybridized carbons (Fsp3) is 0.444. The monoisotopic (exact) mass is 167 g/mol. The number of hydrogen-bond donors (Lipinski definition) is 2. The number of nitrogens with two attached hydrogens (primary N) is 1. The van der Waals surface area contributed by atoms with Crippen LogP contribution in [-0.4, -0.2) is 16.6 Å². The lowest BCUT2D eigenvalue weighted by Crippen LogP contribution is -2.49. The molecule has 1 unspecified atom stereocenters. The Morgan fingerprint density at radius 2 is 2.50 bits per heavy atom. The van der Waals surface area contributed by atoms with Crippen LogP contribution in [-0.2, 0) is 4.79 Å². The lowest BCUT2D eigenvalue weighted by molar-refractivity contribution is -0.143. The Labute approximate surface area is 71.6 Å². The van der Waals surface area contributed by atoms with Crippen molar-refractivity contribution in [2.75, 3.05) is 0 Å². The van der Waals surface area contributed by atoms with E-state index in [1.807, 2.05) is 6.08 Å². The second-order valence-corrected chi connectivity index (χ2v) is 3.16. The van der Waals surface area contributed by atoms with Gasteiger partial charge in [-0.05, 0) is 12.8 Å². The molecule has 0 aliphatic heterocycles. The molecular weight excluding hydrogens is 154 g/mol. The molecule has 1 aliphatic rings. The van der Waals surface area contributed by atoms with Gasteiger partial charge in [-0.25, -0.2) is 0 Å². The zero-order valence-electron chi connectivity index (χ0n) is 6.92. The van der Waals surface area contributed by atoms with Crippen molar-refractivity contribution in [2.45, 2.75) is 24.8 Å². The molecule has 1 rings (SSSR count). The molecule has 0 saturated heterocycles. The van der Waals surface area contributed by atoms with Crippen LogP contribution in [0.5, 0.6) is 0 Å². The van der Waals surface area contributed by atoms with Crippen molar-refractivity contribution in [3.63, 3.8) is 0 Å². The first-order valence-electron chi connectivity index (χ1n) is 3.92. The number of aliphatic carboxylic acids is 1. The van der Waals surface area contributed by atoms with Crippen molar-refractivity contribution in [2.24, 2.45) is 5.73 Å². The van der Waals surface area contributed by atoms with Crippen LogP contribution in [0, 0.1) is 0 Å². The average Bonchev–Trinajstić information content (AvgIpc) is 2.04. The van der Waals surface area contributed by atoms with Crippen molar-refractivity contribution in [3.05, 3.63) is 24.3 Å². The van der Waals surface area contributed by atoms with Gasteiger partial charge in [0, 0.05) is 6.42 Å². The Bertz CT molecular complexity index is 245. The fourth-order valence-corrected chi connectivity index (χ4v) is 1.38. The molecule has 0 aromatic carbocycles. The zero-order chi connectivity index (χ0) is 9.19. The number of carboxylic acid groups (broad SMARTS) is 1. The van der Waals surface area contributed by atoms with Gasteiger partial charge in [-0.1, -0.05) is 24.3 Å². The molecule has 1 atom stereocenters. The van der Waals surface area contributed by atoms with Gasteiger partial charge in [0.05, 0.1) is 0 Å². The van der Waals surface area contributed by atoms with Crippen molar-refractivity contribution >= 4 is 5.97 Å². The molecule has 0 spiro atoms. The first-order valence-corrected chi connectivity index (χ1v) is 3.92. The third-order valence-corrected chi connectivity index (χ3v) is 2.20. The van der Waals surface area contributed by atoms with Gasteiger partial charge in [0.25, 0.3) is 0 Å². The normalized spacial score (nSPS) is 29.2. The van der Waals surface area contributed by atoms with Gasteiger partial charge in [0.1, 0.15) is 5.54 Å². The van der Waals surface area contributed by atoms with Crippen LogP contribution in [0.1, 0.15) is 19.3 Å². The maximum Gasteiger partial charge on any atom is 0.324 e. The molecule has 0 amide bonds. The van der Waals surface area contributed by atoms with E-state index in [1.54, 1.807) is 6.08 Å². The van der Waals surface area contributed by atoms with E-state index >= 15 is 0 Å². The van der Waals surface area contributed by atoms with Gasteiger partial charge in [-0.3, -0.25) is 4.79 Å². The van der Waals surface area contributed by atoms with Crippen LogP contribution in [0.25, 0.3) is 0 Å². The minimum absolute atomic E-state index is 0.395. The Morgan fingerprint density at radius 3 is 3.00 bits per heavy atom. The minimum Gasteiger partial charge on any atom is -0.480 e. The second kappa shape index (κ2) is 3.11. The van der Waals surface area contributed by atoms with Gasteiger partial charge in [-0.15, -0.1) is 0 Å². The number of hydrogen-bond acceptors (Lipinski definition) is 2. The molecule has 1 aliphatic carbocycles. The summed E-state index contributed by atoms with van der Waals surface area (Å²) in [6, 6.07) is 0. The van der Waals surface area contributed by atoms with Crippen LogP contribution in [0.15, 0.2) is 24.3 Å². The first-order chi connectivity index (χ1) is 5.58. The summed E-state index contributed by atoms with van der Waals surface area (Å²) in [5, 5.41) is 8.82. The molecule has 0 heterocycles. The highest BCUT2D eigenvalue weighted by Gasteiger charge is 2.35. The number of rotatable bonds is 2. The summed E-state index contributed by atoms with van der Waals surface area (Å²) in [5.41, 5.74) is 5.54. The number of allylic oxidation sites excluding steroid dienone is 2. The highest BCUT2D eigenvalue weighted by Crippen LogP contribution is 2.26. The summed E-state index contributed by atoms with van der Waals surface area (Å²) >= 11 is 0. The van der Waals surface area contributed by atoms with Crippen molar-refractivity contribution in [1.82, 2.24) is 0 Å². The Balaban J connectivity index is 2.80. The zero-order valence-corrected chi connectivity index (χ0v) is 6.92. The van der Waals surface area contributed by atoms with E-state index in [1.165, 1.54) is 0 Å².